The highest BCUT2D eigenvalue weighted by Crippen LogP contribution is 2.03. The monoisotopic (exact) mass is 249 g/mol. The summed E-state index contributed by atoms with van der Waals surface area (Å²) in [6.07, 6.45) is 0. The first-order valence-electron chi connectivity index (χ1n) is 5.64. The quantitative estimate of drug-likeness (QED) is 0.754. The molecule has 1 heterocycles. The van der Waals surface area contributed by atoms with Gasteiger partial charge < -0.3 is 10.6 Å². The van der Waals surface area contributed by atoms with E-state index < -0.39 is 0 Å². The molecule has 1 saturated heterocycles. The summed E-state index contributed by atoms with van der Waals surface area (Å²) in [5.41, 5.74) is -0.131. The Morgan fingerprint density at radius 3 is 2.62 bits per heavy atom. The Balaban J connectivity index is 0.00000225. The molecule has 0 spiro atoms. The predicted octanol–water partition coefficient (Wildman–Crippen LogP) is 0.617. The van der Waals surface area contributed by atoms with Gasteiger partial charge in [0.25, 0.3) is 0 Å². The fourth-order valence-corrected chi connectivity index (χ4v) is 1.76. The van der Waals surface area contributed by atoms with Crippen LogP contribution in [0.3, 0.4) is 0 Å². The number of nitrogens with one attached hydrogen (secondary N) is 2. The first kappa shape index (κ1) is 15.7. The summed E-state index contributed by atoms with van der Waals surface area (Å²) in [5, 5.41) is 6.30. The minimum Gasteiger partial charge on any atom is -0.350 e. The lowest BCUT2D eigenvalue weighted by molar-refractivity contribution is -0.124. The van der Waals surface area contributed by atoms with Gasteiger partial charge in [-0.2, -0.15) is 0 Å². The highest BCUT2D eigenvalue weighted by molar-refractivity contribution is 5.85. The maximum atomic E-state index is 11.7. The molecule has 0 aromatic heterocycles. The Bertz CT molecular complexity index is 228. The molecule has 0 aromatic rings. The third-order valence-corrected chi connectivity index (χ3v) is 2.50. The third kappa shape index (κ3) is 5.68. The van der Waals surface area contributed by atoms with Crippen molar-refractivity contribution in [2.75, 3.05) is 26.2 Å². The molecule has 16 heavy (non-hydrogen) atoms. The van der Waals surface area contributed by atoms with Crippen LogP contribution in [0.25, 0.3) is 0 Å². The standard InChI is InChI=1S/C11H23N3O.ClH/c1-9-7-12-5-6-14(9)8-10(15)13-11(2,3)4;/h9,12H,5-8H2,1-4H3,(H,13,15);1H/t9-;/m0./s1. The van der Waals surface area contributed by atoms with E-state index >= 15 is 0 Å². The lowest BCUT2D eigenvalue weighted by Crippen LogP contribution is -2.54. The maximum Gasteiger partial charge on any atom is 0.234 e. The molecule has 0 aromatic carbocycles. The van der Waals surface area contributed by atoms with Gasteiger partial charge in [-0.1, -0.05) is 0 Å². The molecule has 1 amide bonds. The van der Waals surface area contributed by atoms with Crippen LogP contribution in [0.15, 0.2) is 0 Å². The average Bonchev–Trinajstić information content (AvgIpc) is 2.05. The number of rotatable bonds is 2. The van der Waals surface area contributed by atoms with E-state index in [1.165, 1.54) is 0 Å². The highest BCUT2D eigenvalue weighted by atomic mass is 35.5. The molecule has 0 aliphatic carbocycles. The highest BCUT2D eigenvalue weighted by Gasteiger charge is 2.22. The molecule has 0 saturated carbocycles. The van der Waals surface area contributed by atoms with Crippen molar-refractivity contribution in [1.82, 2.24) is 15.5 Å². The van der Waals surface area contributed by atoms with Gasteiger partial charge in [-0.3, -0.25) is 9.69 Å². The summed E-state index contributed by atoms with van der Waals surface area (Å²) in [6, 6.07) is 0.449. The Kier molecular flexibility index (Phi) is 6.30. The number of nitrogens with zero attached hydrogens (tertiary/aromatic N) is 1. The number of carbonyl (C=O) groups excluding carboxylic acids is 1. The van der Waals surface area contributed by atoms with E-state index in [0.717, 1.165) is 19.6 Å². The zero-order chi connectivity index (χ0) is 11.5. The van der Waals surface area contributed by atoms with Crippen LogP contribution in [0.5, 0.6) is 0 Å². The SMILES string of the molecule is C[C@H]1CNCCN1CC(=O)NC(C)(C)C.Cl. The van der Waals surface area contributed by atoms with Crippen LogP contribution in [0.1, 0.15) is 27.7 Å². The second-order valence-corrected chi connectivity index (χ2v) is 5.32. The molecule has 1 fully saturated rings. The first-order chi connectivity index (χ1) is 6.88. The molecule has 1 aliphatic heterocycles. The summed E-state index contributed by atoms with van der Waals surface area (Å²) in [4.78, 5) is 13.9. The van der Waals surface area contributed by atoms with E-state index in [1.807, 2.05) is 20.8 Å². The van der Waals surface area contributed by atoms with E-state index in [2.05, 4.69) is 22.5 Å². The van der Waals surface area contributed by atoms with Gasteiger partial charge in [0.1, 0.15) is 0 Å². The predicted molar refractivity (Wildman–Crippen MR) is 69.0 cm³/mol. The van der Waals surface area contributed by atoms with E-state index in [4.69, 9.17) is 0 Å². The Hall–Kier alpha value is -0.320. The summed E-state index contributed by atoms with van der Waals surface area (Å²) in [7, 11) is 0. The van der Waals surface area contributed by atoms with Gasteiger partial charge in [0, 0.05) is 31.2 Å². The van der Waals surface area contributed by atoms with Gasteiger partial charge >= 0.3 is 0 Å². The van der Waals surface area contributed by atoms with Crippen molar-refractivity contribution in [3.63, 3.8) is 0 Å². The summed E-state index contributed by atoms with van der Waals surface area (Å²) in [5.74, 6) is 0.122. The number of carbonyl (C=O) groups is 1. The van der Waals surface area contributed by atoms with Crippen molar-refractivity contribution in [2.24, 2.45) is 0 Å². The van der Waals surface area contributed by atoms with Crippen molar-refractivity contribution in [3.05, 3.63) is 0 Å². The molecule has 2 N–H and O–H groups in total. The zero-order valence-electron chi connectivity index (χ0n) is 10.7. The van der Waals surface area contributed by atoms with Crippen LogP contribution in [0, 0.1) is 0 Å². The lowest BCUT2D eigenvalue weighted by atomic mass is 10.1. The summed E-state index contributed by atoms with van der Waals surface area (Å²) < 4.78 is 0. The zero-order valence-corrected chi connectivity index (χ0v) is 11.5. The van der Waals surface area contributed by atoms with Crippen LogP contribution in [-0.2, 0) is 4.79 Å². The molecule has 0 unspecified atom stereocenters. The van der Waals surface area contributed by atoms with Gasteiger partial charge in [0.05, 0.1) is 6.54 Å². The Labute approximate surface area is 105 Å². The van der Waals surface area contributed by atoms with Gasteiger partial charge in [-0.15, -0.1) is 12.4 Å². The average molecular weight is 250 g/mol. The Morgan fingerprint density at radius 2 is 2.12 bits per heavy atom. The third-order valence-electron chi connectivity index (χ3n) is 2.50. The second kappa shape index (κ2) is 6.42. The van der Waals surface area contributed by atoms with E-state index in [0.29, 0.717) is 12.6 Å². The van der Waals surface area contributed by atoms with E-state index in [9.17, 15) is 4.79 Å². The fraction of sp³-hybridized carbons (Fsp3) is 0.909. The van der Waals surface area contributed by atoms with Gasteiger partial charge in [-0.25, -0.2) is 0 Å². The lowest BCUT2D eigenvalue weighted by Gasteiger charge is -2.34. The molecule has 1 aliphatic rings. The molecule has 1 atom stereocenters. The molecule has 5 heteroatoms. The van der Waals surface area contributed by atoms with Crippen molar-refractivity contribution >= 4 is 18.3 Å². The smallest absolute Gasteiger partial charge is 0.234 e. The minimum absolute atomic E-state index is 0. The van der Waals surface area contributed by atoms with Crippen LogP contribution in [-0.4, -0.2) is 48.6 Å². The molecule has 0 radical (unpaired) electrons. The van der Waals surface area contributed by atoms with Gasteiger partial charge in [0.2, 0.25) is 5.91 Å². The minimum atomic E-state index is -0.131. The second-order valence-electron chi connectivity index (χ2n) is 5.32. The molecule has 4 nitrogen and oxygen atoms in total. The first-order valence-corrected chi connectivity index (χ1v) is 5.64. The largest absolute Gasteiger partial charge is 0.350 e. The van der Waals surface area contributed by atoms with E-state index in [-0.39, 0.29) is 23.9 Å². The number of hydrogen-bond donors (Lipinski definition) is 2. The molecule has 96 valence electrons. The topological polar surface area (TPSA) is 44.4 Å². The number of hydrogen-bond acceptors (Lipinski definition) is 3. The molecular weight excluding hydrogens is 226 g/mol. The molecular formula is C11H24ClN3O. The van der Waals surface area contributed by atoms with Crippen molar-refractivity contribution in [3.8, 4) is 0 Å². The van der Waals surface area contributed by atoms with Crippen molar-refractivity contribution in [1.29, 1.82) is 0 Å². The van der Waals surface area contributed by atoms with Crippen LogP contribution in [0.2, 0.25) is 0 Å². The van der Waals surface area contributed by atoms with Crippen LogP contribution >= 0.6 is 12.4 Å². The van der Waals surface area contributed by atoms with Crippen LogP contribution in [0.4, 0.5) is 0 Å². The normalized spacial score (nSPS) is 22.4. The van der Waals surface area contributed by atoms with Gasteiger partial charge in [0.15, 0.2) is 0 Å². The van der Waals surface area contributed by atoms with Crippen molar-refractivity contribution in [2.45, 2.75) is 39.3 Å². The number of halogens is 1. The molecule has 1 rings (SSSR count). The Morgan fingerprint density at radius 1 is 1.50 bits per heavy atom. The van der Waals surface area contributed by atoms with Crippen molar-refractivity contribution < 1.29 is 4.79 Å². The maximum absolute atomic E-state index is 11.7. The van der Waals surface area contributed by atoms with Gasteiger partial charge in [-0.05, 0) is 27.7 Å². The number of amides is 1. The molecule has 0 bridgehead atoms. The van der Waals surface area contributed by atoms with Crippen LogP contribution < -0.4 is 10.6 Å². The van der Waals surface area contributed by atoms with E-state index in [1.54, 1.807) is 0 Å². The fourth-order valence-electron chi connectivity index (χ4n) is 1.76. The number of piperazine rings is 1. The summed E-state index contributed by atoms with van der Waals surface area (Å²) in [6.45, 7) is 11.6. The summed E-state index contributed by atoms with van der Waals surface area (Å²) >= 11 is 0.